The first-order valence-electron chi connectivity index (χ1n) is 10.6. The fourth-order valence-corrected chi connectivity index (χ4v) is 7.36. The maximum Gasteiger partial charge on any atom is 0.500 e. The van der Waals surface area contributed by atoms with Gasteiger partial charge in [0.05, 0.1) is 19.9 Å². The predicted molar refractivity (Wildman–Crippen MR) is 140 cm³/mol. The number of hydrogen-bond donors (Lipinski definition) is 0. The molecule has 0 bridgehead atoms. The lowest BCUT2D eigenvalue weighted by atomic mass is 10.5. The topological polar surface area (TPSA) is 82.0 Å². The standard InChI is InChI=1S/C10H21N2O3Si.C6H15IO3Si.C4H6N2.HI/c1-11-7-8-12(10-11)6-5-9-16(13-2,14-3)15-4;1-8-11(9-2,10-3)6-4-5-7;1-6-3-2-5-4-6;/h7-8,10H,5-6,9H2,1-4H3;4-6H2,1-3H3;2-4H,1H3;1H/q+1;;;/p-1. The van der Waals surface area contributed by atoms with Crippen molar-refractivity contribution in [2.45, 2.75) is 31.5 Å². The minimum atomic E-state index is -2.38. The highest BCUT2D eigenvalue weighted by atomic mass is 127. The third-order valence-corrected chi connectivity index (χ3v) is 11.3. The van der Waals surface area contributed by atoms with Crippen molar-refractivity contribution in [2.24, 2.45) is 14.1 Å². The van der Waals surface area contributed by atoms with Crippen molar-refractivity contribution in [3.05, 3.63) is 37.4 Å². The van der Waals surface area contributed by atoms with Gasteiger partial charge in [0.2, 0.25) is 6.33 Å². The molecule has 2 aromatic heterocycles. The monoisotopic (exact) mass is 744 g/mol. The molecule has 0 saturated heterocycles. The van der Waals surface area contributed by atoms with Crippen molar-refractivity contribution >= 4 is 40.2 Å². The summed E-state index contributed by atoms with van der Waals surface area (Å²) in [5, 5.41) is 0. The summed E-state index contributed by atoms with van der Waals surface area (Å²) in [6, 6.07) is 1.73. The lowest BCUT2D eigenvalue weighted by molar-refractivity contribution is -0.671. The molecule has 0 aliphatic rings. The van der Waals surface area contributed by atoms with Gasteiger partial charge in [-0.15, -0.1) is 0 Å². The summed E-state index contributed by atoms with van der Waals surface area (Å²) in [6.07, 6.45) is 13.6. The predicted octanol–water partition coefficient (Wildman–Crippen LogP) is -0.305. The molecule has 14 heteroatoms. The minimum absolute atomic E-state index is 0. The van der Waals surface area contributed by atoms with Crippen LogP contribution in [-0.2, 0) is 47.2 Å². The number of aryl methyl sites for hydroxylation is 3. The summed E-state index contributed by atoms with van der Waals surface area (Å²) in [5.74, 6) is 0. The van der Waals surface area contributed by atoms with Crippen LogP contribution in [0.3, 0.4) is 0 Å². The van der Waals surface area contributed by atoms with E-state index in [2.05, 4.69) is 44.7 Å². The normalized spacial score (nSPS) is 11.1. The molecule has 34 heavy (non-hydrogen) atoms. The van der Waals surface area contributed by atoms with E-state index >= 15 is 0 Å². The zero-order chi connectivity index (χ0) is 25.2. The summed E-state index contributed by atoms with van der Waals surface area (Å²) in [6.45, 7) is 0.950. The van der Waals surface area contributed by atoms with Crippen LogP contribution in [0.15, 0.2) is 37.4 Å². The van der Waals surface area contributed by atoms with E-state index in [1.54, 1.807) is 55.2 Å². The van der Waals surface area contributed by atoms with Gasteiger partial charge in [-0.3, -0.25) is 0 Å². The van der Waals surface area contributed by atoms with Gasteiger partial charge in [-0.1, -0.05) is 22.6 Å². The molecular formula is C20H42I2N4O6Si2. The highest BCUT2D eigenvalue weighted by Crippen LogP contribution is 2.16. The quantitative estimate of drug-likeness (QED) is 0.121. The summed E-state index contributed by atoms with van der Waals surface area (Å²) in [7, 11) is 9.20. The van der Waals surface area contributed by atoms with Gasteiger partial charge in [0.25, 0.3) is 0 Å². The van der Waals surface area contributed by atoms with Crippen LogP contribution in [0, 0.1) is 0 Å². The van der Waals surface area contributed by atoms with Crippen molar-refractivity contribution in [3.8, 4) is 0 Å². The molecule has 0 amide bonds. The Kier molecular flexibility index (Phi) is 22.6. The first kappa shape index (κ1) is 36.2. The van der Waals surface area contributed by atoms with Crippen LogP contribution >= 0.6 is 22.6 Å². The van der Waals surface area contributed by atoms with Crippen molar-refractivity contribution in [3.63, 3.8) is 0 Å². The maximum absolute atomic E-state index is 5.36. The first-order chi connectivity index (χ1) is 15.8. The van der Waals surface area contributed by atoms with Crippen LogP contribution in [-0.4, -0.2) is 78.8 Å². The second kappa shape index (κ2) is 21.2. The van der Waals surface area contributed by atoms with Gasteiger partial charge in [-0.2, -0.15) is 0 Å². The van der Waals surface area contributed by atoms with Crippen molar-refractivity contribution < 1.29 is 55.1 Å². The maximum atomic E-state index is 5.36. The SMILES string of the molecule is CO[Si](CCCI)(OC)OC.CO[Si](CCCn1cc[n+](C)c1)(OC)OC.Cn1ccnc1.[I-]. The van der Waals surface area contributed by atoms with Gasteiger partial charge in [0, 0.05) is 74.2 Å². The number of halogens is 2. The second-order valence-corrected chi connectivity index (χ2v) is 14.3. The molecule has 0 aromatic carbocycles. The van der Waals surface area contributed by atoms with Crippen LogP contribution in [0.2, 0.25) is 12.1 Å². The van der Waals surface area contributed by atoms with Crippen LogP contribution in [0.4, 0.5) is 0 Å². The van der Waals surface area contributed by atoms with E-state index in [0.29, 0.717) is 0 Å². The second-order valence-electron chi connectivity index (χ2n) is 7.03. The minimum Gasteiger partial charge on any atom is -1.00 e. The molecule has 0 fully saturated rings. The highest BCUT2D eigenvalue weighted by Gasteiger charge is 2.37. The Morgan fingerprint density at radius 2 is 1.35 bits per heavy atom. The van der Waals surface area contributed by atoms with Crippen LogP contribution in [0.1, 0.15) is 12.8 Å². The average molecular weight is 745 g/mol. The highest BCUT2D eigenvalue weighted by molar-refractivity contribution is 14.1. The molecule has 2 rings (SSSR count). The Labute approximate surface area is 238 Å². The molecular weight excluding hydrogens is 702 g/mol. The van der Waals surface area contributed by atoms with Crippen molar-refractivity contribution in [1.29, 1.82) is 0 Å². The summed E-state index contributed by atoms with van der Waals surface area (Å²) in [5.41, 5.74) is 0. The summed E-state index contributed by atoms with van der Waals surface area (Å²) in [4.78, 5) is 3.78. The van der Waals surface area contributed by atoms with E-state index < -0.39 is 17.6 Å². The van der Waals surface area contributed by atoms with Gasteiger partial charge in [0.1, 0.15) is 12.4 Å². The molecule has 2 heterocycles. The average Bonchev–Trinajstić information content (AvgIpc) is 3.50. The number of nitrogens with zero attached hydrogens (tertiary/aromatic N) is 4. The summed E-state index contributed by atoms with van der Waals surface area (Å²) >= 11 is 2.33. The van der Waals surface area contributed by atoms with Crippen LogP contribution in [0.5, 0.6) is 0 Å². The number of imidazole rings is 2. The Hall–Kier alpha value is 0.0738. The van der Waals surface area contributed by atoms with Crippen LogP contribution < -0.4 is 28.5 Å². The Morgan fingerprint density at radius 3 is 1.65 bits per heavy atom. The molecule has 0 radical (unpaired) electrons. The van der Waals surface area contributed by atoms with Crippen molar-refractivity contribution in [2.75, 3.05) is 47.1 Å². The number of aromatic nitrogens is 4. The fraction of sp³-hybridized carbons (Fsp3) is 0.700. The lowest BCUT2D eigenvalue weighted by Crippen LogP contribution is -3.00. The Bertz CT molecular complexity index is 689. The molecule has 0 aliphatic carbocycles. The molecule has 2 aromatic rings. The van der Waals surface area contributed by atoms with E-state index in [4.69, 9.17) is 26.6 Å². The molecule has 10 nitrogen and oxygen atoms in total. The lowest BCUT2D eigenvalue weighted by Gasteiger charge is -2.23. The molecule has 0 unspecified atom stereocenters. The number of rotatable bonds is 13. The van der Waals surface area contributed by atoms with E-state index in [9.17, 15) is 0 Å². The van der Waals surface area contributed by atoms with Gasteiger partial charge in [-0.25, -0.2) is 14.1 Å². The first-order valence-corrected chi connectivity index (χ1v) is 16.0. The third-order valence-electron chi connectivity index (χ3n) is 4.84. The molecule has 0 spiro atoms. The molecule has 0 N–H and O–H groups in total. The number of alkyl halides is 1. The molecule has 0 saturated carbocycles. The number of hydrogen-bond acceptors (Lipinski definition) is 7. The van der Waals surface area contributed by atoms with Gasteiger partial charge in [-0.05, 0) is 17.3 Å². The summed E-state index contributed by atoms with van der Waals surface area (Å²) < 4.78 is 38.9. The Balaban J connectivity index is 0. The zero-order valence-corrected chi connectivity index (χ0v) is 28.0. The van der Waals surface area contributed by atoms with Crippen molar-refractivity contribution in [1.82, 2.24) is 14.1 Å². The van der Waals surface area contributed by atoms with E-state index in [1.807, 2.05) is 35.6 Å². The van der Waals surface area contributed by atoms with Crippen LogP contribution in [0.25, 0.3) is 0 Å². The Morgan fingerprint density at radius 1 is 0.853 bits per heavy atom. The largest absolute Gasteiger partial charge is 1.00 e. The van der Waals surface area contributed by atoms with Gasteiger partial charge < -0.3 is 55.1 Å². The molecule has 0 aliphatic heterocycles. The van der Waals surface area contributed by atoms with E-state index in [-0.39, 0.29) is 24.0 Å². The smallest absolute Gasteiger partial charge is 0.500 e. The zero-order valence-electron chi connectivity index (χ0n) is 21.7. The molecule has 200 valence electrons. The third kappa shape index (κ3) is 14.6. The molecule has 0 atom stereocenters. The van der Waals surface area contributed by atoms with E-state index in [0.717, 1.165) is 35.9 Å². The van der Waals surface area contributed by atoms with Gasteiger partial charge in [0.15, 0.2) is 0 Å². The van der Waals surface area contributed by atoms with Gasteiger partial charge >= 0.3 is 17.6 Å². The van der Waals surface area contributed by atoms with E-state index in [1.165, 1.54) is 0 Å². The fourth-order valence-electron chi connectivity index (χ4n) is 2.83.